The van der Waals surface area contributed by atoms with Crippen LogP contribution in [0.4, 0.5) is 10.5 Å². The van der Waals surface area contributed by atoms with E-state index in [4.69, 9.17) is 16.3 Å². The summed E-state index contributed by atoms with van der Waals surface area (Å²) in [6, 6.07) is 5.28. The number of aldehydes is 1. The highest BCUT2D eigenvalue weighted by atomic mass is 35.5. The molecule has 1 atom stereocenters. The van der Waals surface area contributed by atoms with E-state index in [2.05, 4.69) is 10.2 Å². The summed E-state index contributed by atoms with van der Waals surface area (Å²) in [6.07, 6.45) is 2.23. The molecule has 126 valence electrons. The smallest absolute Gasteiger partial charge is 0.407 e. The third-order valence-electron chi connectivity index (χ3n) is 3.60. The molecule has 0 saturated carbocycles. The Bertz CT molecular complexity index is 584. The van der Waals surface area contributed by atoms with Gasteiger partial charge in [0.2, 0.25) is 0 Å². The number of ether oxygens (including phenoxy) is 1. The van der Waals surface area contributed by atoms with Crippen molar-refractivity contribution >= 4 is 29.7 Å². The van der Waals surface area contributed by atoms with Gasteiger partial charge in [-0.1, -0.05) is 11.6 Å². The number of alkyl carbamates (subject to hydrolysis) is 1. The third-order valence-corrected chi connectivity index (χ3v) is 3.83. The number of amides is 1. The van der Waals surface area contributed by atoms with Gasteiger partial charge < -0.3 is 15.0 Å². The molecule has 0 radical (unpaired) electrons. The number of anilines is 1. The van der Waals surface area contributed by atoms with Crippen molar-refractivity contribution in [3.8, 4) is 0 Å². The van der Waals surface area contributed by atoms with Gasteiger partial charge in [0.25, 0.3) is 0 Å². The van der Waals surface area contributed by atoms with Gasteiger partial charge in [-0.15, -0.1) is 0 Å². The molecule has 1 aliphatic rings. The van der Waals surface area contributed by atoms with E-state index in [-0.39, 0.29) is 6.04 Å². The second-order valence-corrected chi connectivity index (χ2v) is 7.19. The molecule has 5 nitrogen and oxygen atoms in total. The normalized spacial score (nSPS) is 18.4. The first-order chi connectivity index (χ1) is 10.8. The fourth-order valence-electron chi connectivity index (χ4n) is 2.70. The Morgan fingerprint density at radius 1 is 1.43 bits per heavy atom. The molecular weight excluding hydrogens is 316 g/mol. The summed E-state index contributed by atoms with van der Waals surface area (Å²) in [6.45, 7) is 6.99. The van der Waals surface area contributed by atoms with E-state index in [9.17, 15) is 9.59 Å². The van der Waals surface area contributed by atoms with E-state index < -0.39 is 11.7 Å². The first-order valence-corrected chi connectivity index (χ1v) is 8.15. The average molecular weight is 339 g/mol. The Kier molecular flexibility index (Phi) is 5.52. The molecule has 2 rings (SSSR count). The monoisotopic (exact) mass is 338 g/mol. The lowest BCUT2D eigenvalue weighted by Gasteiger charge is -2.35. The molecular formula is C17H23ClN2O3. The SMILES string of the molecule is CC(C)(C)OC(=O)N[C@H]1CCCN(c2ccc(Cl)cc2C=O)C1. The minimum Gasteiger partial charge on any atom is -0.444 e. The topological polar surface area (TPSA) is 58.6 Å². The number of nitrogens with zero attached hydrogens (tertiary/aromatic N) is 1. The number of carbonyl (C=O) groups excluding carboxylic acids is 2. The molecule has 1 amide bonds. The molecule has 0 spiro atoms. The first kappa shape index (κ1) is 17.6. The van der Waals surface area contributed by atoms with Gasteiger partial charge in [-0.3, -0.25) is 4.79 Å². The lowest BCUT2D eigenvalue weighted by atomic mass is 10.0. The lowest BCUT2D eigenvalue weighted by molar-refractivity contribution is 0.0500. The lowest BCUT2D eigenvalue weighted by Crippen LogP contribution is -2.49. The maximum Gasteiger partial charge on any atom is 0.407 e. The van der Waals surface area contributed by atoms with Gasteiger partial charge >= 0.3 is 6.09 Å². The third kappa shape index (κ3) is 5.13. The number of hydrogen-bond acceptors (Lipinski definition) is 4. The van der Waals surface area contributed by atoms with Gasteiger partial charge in [0.1, 0.15) is 5.60 Å². The molecule has 1 aromatic carbocycles. The standard InChI is InChI=1S/C17H23ClN2O3/c1-17(2,3)23-16(22)19-14-5-4-8-20(10-14)15-7-6-13(18)9-12(15)11-21/h6-7,9,11,14H,4-5,8,10H2,1-3H3,(H,19,22)/t14-/m0/s1. The minimum absolute atomic E-state index is 0.00576. The predicted molar refractivity (Wildman–Crippen MR) is 91.4 cm³/mol. The molecule has 1 N–H and O–H groups in total. The summed E-state index contributed by atoms with van der Waals surface area (Å²) in [5.41, 5.74) is 0.898. The van der Waals surface area contributed by atoms with E-state index >= 15 is 0 Å². The van der Waals surface area contributed by atoms with Gasteiger partial charge in [-0.05, 0) is 51.8 Å². The van der Waals surface area contributed by atoms with E-state index in [1.807, 2.05) is 26.8 Å². The molecule has 0 bridgehead atoms. The van der Waals surface area contributed by atoms with E-state index in [1.165, 1.54) is 0 Å². The molecule has 23 heavy (non-hydrogen) atoms. The van der Waals surface area contributed by atoms with Crippen LogP contribution in [-0.2, 0) is 4.74 Å². The van der Waals surface area contributed by atoms with Crippen molar-refractivity contribution in [2.75, 3.05) is 18.0 Å². The van der Waals surface area contributed by atoms with Crippen molar-refractivity contribution in [3.05, 3.63) is 28.8 Å². The Morgan fingerprint density at radius 3 is 2.83 bits per heavy atom. The van der Waals surface area contributed by atoms with Crippen LogP contribution in [0.5, 0.6) is 0 Å². The van der Waals surface area contributed by atoms with E-state index in [0.717, 1.165) is 31.4 Å². The van der Waals surface area contributed by atoms with Crippen LogP contribution in [-0.4, -0.2) is 37.1 Å². The summed E-state index contributed by atoms with van der Waals surface area (Å²) < 4.78 is 5.30. The molecule has 1 aromatic rings. The Hall–Kier alpha value is -1.75. The molecule has 0 aromatic heterocycles. The molecule has 1 fully saturated rings. The number of hydrogen-bond donors (Lipinski definition) is 1. The maximum atomic E-state index is 11.9. The van der Waals surface area contributed by atoms with Crippen molar-refractivity contribution < 1.29 is 14.3 Å². The van der Waals surface area contributed by atoms with Crippen LogP contribution < -0.4 is 10.2 Å². The zero-order chi connectivity index (χ0) is 17.0. The molecule has 0 aliphatic carbocycles. The largest absolute Gasteiger partial charge is 0.444 e. The van der Waals surface area contributed by atoms with Gasteiger partial charge in [0.05, 0.1) is 0 Å². The van der Waals surface area contributed by atoms with Crippen LogP contribution in [0.2, 0.25) is 5.02 Å². The second kappa shape index (κ2) is 7.21. The zero-order valence-electron chi connectivity index (χ0n) is 13.8. The molecule has 1 heterocycles. The van der Waals surface area contributed by atoms with Crippen molar-refractivity contribution in [2.45, 2.75) is 45.3 Å². The number of carbonyl (C=O) groups is 2. The predicted octanol–water partition coefficient (Wildman–Crippen LogP) is 3.65. The highest BCUT2D eigenvalue weighted by Crippen LogP contribution is 2.26. The highest BCUT2D eigenvalue weighted by Gasteiger charge is 2.25. The first-order valence-electron chi connectivity index (χ1n) is 7.77. The van der Waals surface area contributed by atoms with Gasteiger partial charge in [0.15, 0.2) is 6.29 Å². The summed E-state index contributed by atoms with van der Waals surface area (Å²) in [5.74, 6) is 0. The zero-order valence-corrected chi connectivity index (χ0v) is 14.5. The molecule has 0 unspecified atom stereocenters. The van der Waals surface area contributed by atoms with Crippen LogP contribution >= 0.6 is 11.6 Å². The fourth-order valence-corrected chi connectivity index (χ4v) is 2.88. The summed E-state index contributed by atoms with van der Waals surface area (Å²) in [5, 5.41) is 3.45. The number of benzene rings is 1. The van der Waals surface area contributed by atoms with Crippen molar-refractivity contribution in [2.24, 2.45) is 0 Å². The second-order valence-electron chi connectivity index (χ2n) is 6.75. The molecule has 1 saturated heterocycles. The highest BCUT2D eigenvalue weighted by molar-refractivity contribution is 6.31. The van der Waals surface area contributed by atoms with Crippen LogP contribution in [0.1, 0.15) is 44.0 Å². The van der Waals surface area contributed by atoms with E-state index in [0.29, 0.717) is 17.1 Å². The van der Waals surface area contributed by atoms with Crippen LogP contribution in [0, 0.1) is 0 Å². The van der Waals surface area contributed by atoms with Crippen molar-refractivity contribution in [3.63, 3.8) is 0 Å². The number of nitrogens with one attached hydrogen (secondary N) is 1. The van der Waals surface area contributed by atoms with Gasteiger partial charge in [-0.2, -0.15) is 0 Å². The quantitative estimate of drug-likeness (QED) is 0.855. The number of piperidine rings is 1. The Labute approximate surface area is 141 Å². The van der Waals surface area contributed by atoms with Crippen LogP contribution in [0.3, 0.4) is 0 Å². The van der Waals surface area contributed by atoms with Crippen LogP contribution in [0.25, 0.3) is 0 Å². The number of rotatable bonds is 3. The summed E-state index contributed by atoms with van der Waals surface area (Å²) in [7, 11) is 0. The van der Waals surface area contributed by atoms with Gasteiger partial charge in [-0.25, -0.2) is 4.79 Å². The number of halogens is 1. The summed E-state index contributed by atoms with van der Waals surface area (Å²) >= 11 is 5.94. The minimum atomic E-state index is -0.515. The van der Waals surface area contributed by atoms with Crippen molar-refractivity contribution in [1.29, 1.82) is 0 Å². The Balaban J connectivity index is 2.04. The molecule has 1 aliphatic heterocycles. The van der Waals surface area contributed by atoms with Crippen LogP contribution in [0.15, 0.2) is 18.2 Å². The van der Waals surface area contributed by atoms with Crippen molar-refractivity contribution in [1.82, 2.24) is 5.32 Å². The summed E-state index contributed by atoms with van der Waals surface area (Å²) in [4.78, 5) is 25.3. The average Bonchev–Trinajstić information content (AvgIpc) is 2.45. The van der Waals surface area contributed by atoms with E-state index in [1.54, 1.807) is 12.1 Å². The Morgan fingerprint density at radius 2 is 2.17 bits per heavy atom. The molecule has 6 heteroatoms. The van der Waals surface area contributed by atoms with Gasteiger partial charge in [0, 0.05) is 35.4 Å². The maximum absolute atomic E-state index is 11.9. The fraction of sp³-hybridized carbons (Fsp3) is 0.529.